The van der Waals surface area contributed by atoms with Crippen molar-refractivity contribution >= 4 is 5.91 Å². The minimum absolute atomic E-state index is 0.173. The maximum atomic E-state index is 13.2. The molecule has 0 aliphatic carbocycles. The van der Waals surface area contributed by atoms with E-state index in [1.165, 1.54) is 45.6 Å². The van der Waals surface area contributed by atoms with Crippen LogP contribution >= 0.6 is 0 Å². The summed E-state index contributed by atoms with van der Waals surface area (Å²) in [6.45, 7) is 1.75. The van der Waals surface area contributed by atoms with Crippen LogP contribution < -0.4 is 25.1 Å². The van der Waals surface area contributed by atoms with Crippen LogP contribution in [0, 0.1) is 5.82 Å². The van der Waals surface area contributed by atoms with Crippen LogP contribution in [0.3, 0.4) is 0 Å². The molecule has 2 aromatic carbocycles. The van der Waals surface area contributed by atoms with Crippen LogP contribution in [0.1, 0.15) is 18.5 Å². The number of hydrogen-bond acceptors (Lipinski definition) is 6. The maximum Gasteiger partial charge on any atom is 0.267 e. The molecule has 1 atom stereocenters. The van der Waals surface area contributed by atoms with Crippen LogP contribution in [0.2, 0.25) is 0 Å². The SMILES string of the molecule is COc1cc(CNC(=O)C(C)n2nc(-c3ccc(F)cc3)ccc2=O)cc(OC)c1OC. The molecule has 1 heterocycles. The Morgan fingerprint density at radius 2 is 1.66 bits per heavy atom. The lowest BCUT2D eigenvalue weighted by Crippen LogP contribution is -2.36. The van der Waals surface area contributed by atoms with Gasteiger partial charge in [-0.25, -0.2) is 9.07 Å². The van der Waals surface area contributed by atoms with Crippen molar-refractivity contribution in [2.45, 2.75) is 19.5 Å². The van der Waals surface area contributed by atoms with Gasteiger partial charge in [-0.05, 0) is 55.0 Å². The Balaban J connectivity index is 1.78. The van der Waals surface area contributed by atoms with Crippen molar-refractivity contribution < 1.29 is 23.4 Å². The van der Waals surface area contributed by atoms with Gasteiger partial charge < -0.3 is 19.5 Å². The Morgan fingerprint density at radius 1 is 1.03 bits per heavy atom. The maximum absolute atomic E-state index is 13.2. The van der Waals surface area contributed by atoms with Gasteiger partial charge in [-0.2, -0.15) is 5.10 Å². The number of nitrogens with zero attached hydrogens (tertiary/aromatic N) is 2. The number of amides is 1. The van der Waals surface area contributed by atoms with E-state index in [1.807, 2.05) is 0 Å². The van der Waals surface area contributed by atoms with E-state index in [0.717, 1.165) is 10.2 Å². The quantitative estimate of drug-likeness (QED) is 0.578. The van der Waals surface area contributed by atoms with Crippen LogP contribution in [-0.4, -0.2) is 37.0 Å². The lowest BCUT2D eigenvalue weighted by atomic mass is 10.1. The standard InChI is InChI=1S/C23H24FN3O5/c1-14(27-21(28)10-9-18(26-27)16-5-7-17(24)8-6-16)23(29)25-13-15-11-19(30-2)22(32-4)20(12-15)31-3/h5-12,14H,13H2,1-4H3,(H,25,29). The number of halogens is 1. The summed E-state index contributed by atoms with van der Waals surface area (Å²) in [5.41, 5.74) is 1.38. The largest absolute Gasteiger partial charge is 0.493 e. The Bertz CT molecular complexity index is 1140. The van der Waals surface area contributed by atoms with Crippen molar-refractivity contribution in [2.75, 3.05) is 21.3 Å². The van der Waals surface area contributed by atoms with Crippen LogP contribution in [0.5, 0.6) is 17.2 Å². The number of carbonyl (C=O) groups is 1. The van der Waals surface area contributed by atoms with E-state index in [2.05, 4.69) is 10.4 Å². The van der Waals surface area contributed by atoms with Gasteiger partial charge in [0.2, 0.25) is 11.7 Å². The number of benzene rings is 2. The van der Waals surface area contributed by atoms with Gasteiger partial charge in [0.25, 0.3) is 5.56 Å². The third kappa shape index (κ3) is 4.88. The highest BCUT2D eigenvalue weighted by molar-refractivity contribution is 5.79. The van der Waals surface area contributed by atoms with Crippen LogP contribution in [0.25, 0.3) is 11.3 Å². The minimum atomic E-state index is -0.870. The molecule has 0 radical (unpaired) electrons. The highest BCUT2D eigenvalue weighted by Gasteiger charge is 2.19. The second kappa shape index (κ2) is 9.95. The van der Waals surface area contributed by atoms with E-state index < -0.39 is 17.5 Å². The monoisotopic (exact) mass is 441 g/mol. The number of rotatable bonds is 8. The first-order valence-electron chi connectivity index (χ1n) is 9.80. The van der Waals surface area contributed by atoms with Crippen LogP contribution in [-0.2, 0) is 11.3 Å². The normalized spacial score (nSPS) is 11.5. The third-order valence-electron chi connectivity index (χ3n) is 4.90. The summed E-state index contributed by atoms with van der Waals surface area (Å²) in [6.07, 6.45) is 0. The van der Waals surface area contributed by atoms with Gasteiger partial charge >= 0.3 is 0 Å². The van der Waals surface area contributed by atoms with Gasteiger partial charge in [0.1, 0.15) is 11.9 Å². The first kappa shape index (κ1) is 22.8. The molecule has 1 N–H and O–H groups in total. The molecule has 0 aliphatic rings. The van der Waals surface area contributed by atoms with E-state index in [-0.39, 0.29) is 12.4 Å². The fourth-order valence-corrected chi connectivity index (χ4v) is 3.16. The molecule has 3 aromatic rings. The Hall–Kier alpha value is -3.88. The van der Waals surface area contributed by atoms with Crippen molar-refractivity contribution in [3.8, 4) is 28.5 Å². The molecule has 9 heteroatoms. The summed E-state index contributed by atoms with van der Waals surface area (Å²) in [5, 5.41) is 7.08. The molecule has 0 spiro atoms. The van der Waals surface area contributed by atoms with Crippen molar-refractivity contribution in [3.63, 3.8) is 0 Å². The number of aromatic nitrogens is 2. The molecular formula is C23H24FN3O5. The Labute approximate surface area is 184 Å². The van der Waals surface area contributed by atoms with Crippen molar-refractivity contribution in [2.24, 2.45) is 0 Å². The summed E-state index contributed by atoms with van der Waals surface area (Å²) >= 11 is 0. The topological polar surface area (TPSA) is 91.7 Å². The van der Waals surface area contributed by atoms with Gasteiger partial charge in [0, 0.05) is 18.2 Å². The predicted molar refractivity (Wildman–Crippen MR) is 117 cm³/mol. The number of ether oxygens (including phenoxy) is 3. The van der Waals surface area contributed by atoms with E-state index >= 15 is 0 Å². The molecule has 3 rings (SSSR count). The van der Waals surface area contributed by atoms with Gasteiger partial charge in [0.05, 0.1) is 27.0 Å². The fraction of sp³-hybridized carbons (Fsp3) is 0.261. The average Bonchev–Trinajstić information content (AvgIpc) is 2.82. The van der Waals surface area contributed by atoms with Crippen molar-refractivity contribution in [1.29, 1.82) is 0 Å². The zero-order valence-corrected chi connectivity index (χ0v) is 18.2. The van der Waals surface area contributed by atoms with Crippen molar-refractivity contribution in [3.05, 3.63) is 70.3 Å². The van der Waals surface area contributed by atoms with E-state index in [1.54, 1.807) is 31.2 Å². The zero-order chi connectivity index (χ0) is 23.3. The lowest BCUT2D eigenvalue weighted by Gasteiger charge is -2.17. The van der Waals surface area contributed by atoms with Crippen LogP contribution in [0.4, 0.5) is 4.39 Å². The average molecular weight is 441 g/mol. The molecule has 1 unspecified atom stereocenters. The van der Waals surface area contributed by atoms with E-state index in [0.29, 0.717) is 28.5 Å². The first-order valence-corrected chi connectivity index (χ1v) is 9.80. The second-order valence-electron chi connectivity index (χ2n) is 6.94. The molecule has 0 fully saturated rings. The van der Waals surface area contributed by atoms with Gasteiger partial charge in [0.15, 0.2) is 11.5 Å². The fourth-order valence-electron chi connectivity index (χ4n) is 3.16. The van der Waals surface area contributed by atoms with E-state index in [4.69, 9.17) is 14.2 Å². The molecule has 8 nitrogen and oxygen atoms in total. The van der Waals surface area contributed by atoms with Gasteiger partial charge in [-0.3, -0.25) is 9.59 Å². The minimum Gasteiger partial charge on any atom is -0.493 e. The smallest absolute Gasteiger partial charge is 0.267 e. The molecule has 1 aromatic heterocycles. The number of nitrogens with one attached hydrogen (secondary N) is 1. The van der Waals surface area contributed by atoms with E-state index in [9.17, 15) is 14.0 Å². The Morgan fingerprint density at radius 3 is 2.22 bits per heavy atom. The highest BCUT2D eigenvalue weighted by Crippen LogP contribution is 2.38. The molecule has 0 bridgehead atoms. The lowest BCUT2D eigenvalue weighted by molar-refractivity contribution is -0.124. The summed E-state index contributed by atoms with van der Waals surface area (Å²) in [5.74, 6) is 0.612. The summed E-state index contributed by atoms with van der Waals surface area (Å²) < 4.78 is 30.2. The summed E-state index contributed by atoms with van der Waals surface area (Å²) in [6, 6.07) is 11.2. The molecule has 0 saturated heterocycles. The molecule has 32 heavy (non-hydrogen) atoms. The molecule has 168 valence electrons. The number of carbonyl (C=O) groups excluding carboxylic acids is 1. The third-order valence-corrected chi connectivity index (χ3v) is 4.90. The Kier molecular flexibility index (Phi) is 7.09. The predicted octanol–water partition coefficient (Wildman–Crippen LogP) is 2.95. The molecular weight excluding hydrogens is 417 g/mol. The first-order chi connectivity index (χ1) is 15.4. The number of hydrogen-bond donors (Lipinski definition) is 1. The molecule has 0 saturated carbocycles. The van der Waals surface area contributed by atoms with Crippen molar-refractivity contribution in [1.82, 2.24) is 15.1 Å². The van der Waals surface area contributed by atoms with Gasteiger partial charge in [-0.1, -0.05) is 0 Å². The second-order valence-corrected chi connectivity index (χ2v) is 6.94. The summed E-state index contributed by atoms with van der Waals surface area (Å²) in [4.78, 5) is 25.1. The molecule has 1 amide bonds. The number of methoxy groups -OCH3 is 3. The molecule has 0 aliphatic heterocycles. The van der Waals surface area contributed by atoms with Crippen LogP contribution in [0.15, 0.2) is 53.3 Å². The van der Waals surface area contributed by atoms with Gasteiger partial charge in [-0.15, -0.1) is 0 Å². The zero-order valence-electron chi connectivity index (χ0n) is 18.2. The summed E-state index contributed by atoms with van der Waals surface area (Å²) in [7, 11) is 4.52. The highest BCUT2D eigenvalue weighted by atomic mass is 19.1.